The smallest absolute Gasteiger partial charge is 0.349 e. The number of urea groups is 1. The molecule has 0 unspecified atom stereocenters. The molecule has 0 aliphatic heterocycles. The molecule has 164 valence electrons. The van der Waals surface area contributed by atoms with Gasteiger partial charge in [0.2, 0.25) is 5.91 Å². The van der Waals surface area contributed by atoms with Crippen molar-refractivity contribution in [3.05, 3.63) is 29.7 Å². The van der Waals surface area contributed by atoms with Gasteiger partial charge in [-0.2, -0.15) is 13.2 Å². The van der Waals surface area contributed by atoms with Crippen LogP contribution in [0, 0.1) is 0 Å². The number of rotatable bonds is 7. The fraction of sp³-hybridized carbons (Fsp3) is 0.579. The SMILES string of the molecule is O=C(CCCNC(=O)NC1CCCCC1)NCc1nnc2ccc(C(F)(F)F)cn12. The summed E-state index contributed by atoms with van der Waals surface area (Å²) in [5, 5.41) is 15.9. The third kappa shape index (κ3) is 6.07. The number of hydrogen-bond acceptors (Lipinski definition) is 4. The van der Waals surface area contributed by atoms with Gasteiger partial charge in [0.25, 0.3) is 0 Å². The van der Waals surface area contributed by atoms with Crippen LogP contribution in [0.15, 0.2) is 18.3 Å². The van der Waals surface area contributed by atoms with E-state index in [0.29, 0.717) is 13.0 Å². The van der Waals surface area contributed by atoms with E-state index < -0.39 is 11.7 Å². The van der Waals surface area contributed by atoms with Crippen molar-refractivity contribution in [3.63, 3.8) is 0 Å². The number of halogens is 3. The summed E-state index contributed by atoms with van der Waals surface area (Å²) in [6.45, 7) is 0.311. The van der Waals surface area contributed by atoms with E-state index in [2.05, 4.69) is 26.1 Å². The highest BCUT2D eigenvalue weighted by Gasteiger charge is 2.31. The van der Waals surface area contributed by atoms with E-state index >= 15 is 0 Å². The molecule has 1 saturated carbocycles. The molecular formula is C19H25F3N6O2. The highest BCUT2D eigenvalue weighted by atomic mass is 19.4. The zero-order valence-corrected chi connectivity index (χ0v) is 16.5. The van der Waals surface area contributed by atoms with E-state index in [1.165, 1.54) is 16.9 Å². The van der Waals surface area contributed by atoms with E-state index in [4.69, 9.17) is 0 Å². The molecule has 0 spiro atoms. The van der Waals surface area contributed by atoms with Crippen molar-refractivity contribution in [1.82, 2.24) is 30.5 Å². The summed E-state index contributed by atoms with van der Waals surface area (Å²) >= 11 is 0. The lowest BCUT2D eigenvalue weighted by Gasteiger charge is -2.22. The molecule has 2 heterocycles. The van der Waals surface area contributed by atoms with E-state index in [1.807, 2.05) is 0 Å². The van der Waals surface area contributed by atoms with Crippen LogP contribution in [0.2, 0.25) is 0 Å². The van der Waals surface area contributed by atoms with Gasteiger partial charge >= 0.3 is 12.2 Å². The molecule has 8 nitrogen and oxygen atoms in total. The van der Waals surface area contributed by atoms with Crippen LogP contribution in [0.1, 0.15) is 56.3 Å². The van der Waals surface area contributed by atoms with Crippen LogP contribution in [0.4, 0.5) is 18.0 Å². The molecule has 0 aromatic carbocycles. The first-order valence-corrected chi connectivity index (χ1v) is 10.0. The monoisotopic (exact) mass is 426 g/mol. The highest BCUT2D eigenvalue weighted by molar-refractivity contribution is 5.76. The maximum atomic E-state index is 12.9. The Balaban J connectivity index is 1.39. The molecule has 0 atom stereocenters. The second-order valence-corrected chi connectivity index (χ2v) is 7.38. The minimum Gasteiger partial charge on any atom is -0.349 e. The van der Waals surface area contributed by atoms with Gasteiger partial charge in [-0.15, -0.1) is 10.2 Å². The first-order valence-electron chi connectivity index (χ1n) is 10.0. The largest absolute Gasteiger partial charge is 0.417 e. The van der Waals surface area contributed by atoms with Crippen LogP contribution < -0.4 is 16.0 Å². The first kappa shape index (κ1) is 21.8. The topological polar surface area (TPSA) is 100 Å². The predicted octanol–water partition coefficient (Wildman–Crippen LogP) is 2.78. The molecule has 1 fully saturated rings. The number of fused-ring (bicyclic) bond motifs is 1. The third-order valence-electron chi connectivity index (χ3n) is 5.05. The van der Waals surface area contributed by atoms with Gasteiger partial charge in [-0.1, -0.05) is 19.3 Å². The van der Waals surface area contributed by atoms with Gasteiger partial charge in [-0.05, 0) is 31.4 Å². The van der Waals surface area contributed by atoms with Gasteiger partial charge in [-0.25, -0.2) is 4.79 Å². The minimum atomic E-state index is -4.48. The molecule has 2 aromatic rings. The lowest BCUT2D eigenvalue weighted by molar-refractivity contribution is -0.137. The molecule has 0 saturated heterocycles. The number of pyridine rings is 1. The molecular weight excluding hydrogens is 401 g/mol. The van der Waals surface area contributed by atoms with Crippen molar-refractivity contribution >= 4 is 17.6 Å². The van der Waals surface area contributed by atoms with Crippen molar-refractivity contribution in [1.29, 1.82) is 0 Å². The molecule has 0 radical (unpaired) electrons. The maximum absolute atomic E-state index is 12.9. The van der Waals surface area contributed by atoms with Gasteiger partial charge in [0.05, 0.1) is 12.1 Å². The first-order chi connectivity index (χ1) is 14.3. The molecule has 3 rings (SSSR count). The number of hydrogen-bond donors (Lipinski definition) is 3. The van der Waals surface area contributed by atoms with Crippen LogP contribution >= 0.6 is 0 Å². The number of carbonyl (C=O) groups excluding carboxylic acids is 2. The average molecular weight is 426 g/mol. The van der Waals surface area contributed by atoms with Crippen molar-refractivity contribution in [2.24, 2.45) is 0 Å². The van der Waals surface area contributed by atoms with Gasteiger partial charge in [-0.3, -0.25) is 9.20 Å². The number of nitrogens with zero attached hydrogens (tertiary/aromatic N) is 3. The molecule has 30 heavy (non-hydrogen) atoms. The second kappa shape index (κ2) is 9.77. The fourth-order valence-electron chi connectivity index (χ4n) is 3.43. The van der Waals surface area contributed by atoms with Crippen LogP contribution in [-0.2, 0) is 17.5 Å². The summed E-state index contributed by atoms with van der Waals surface area (Å²) in [6.07, 6.45) is 2.52. The van der Waals surface area contributed by atoms with Crippen LogP contribution in [0.5, 0.6) is 0 Å². The normalized spacial score (nSPS) is 15.2. The molecule has 0 bridgehead atoms. The van der Waals surface area contributed by atoms with Gasteiger partial charge < -0.3 is 16.0 Å². The summed E-state index contributed by atoms with van der Waals surface area (Å²) in [6, 6.07) is 2.16. The Morgan fingerprint density at radius 3 is 2.60 bits per heavy atom. The molecule has 3 N–H and O–H groups in total. The molecule has 2 aromatic heterocycles. The minimum absolute atomic E-state index is 0.0447. The lowest BCUT2D eigenvalue weighted by Crippen LogP contribution is -2.43. The number of nitrogens with one attached hydrogen (secondary N) is 3. The number of amides is 3. The van der Waals surface area contributed by atoms with Crippen molar-refractivity contribution < 1.29 is 22.8 Å². The zero-order valence-electron chi connectivity index (χ0n) is 16.5. The highest BCUT2D eigenvalue weighted by Crippen LogP contribution is 2.29. The molecule has 11 heteroatoms. The standard InChI is InChI=1S/C19H25F3N6O2/c20-19(21,22)13-8-9-15-26-27-16(28(15)12-13)11-24-17(29)7-4-10-23-18(30)25-14-5-2-1-3-6-14/h8-9,12,14H,1-7,10-11H2,(H,24,29)(H2,23,25,30). The van der Waals surface area contributed by atoms with Crippen molar-refractivity contribution in [2.45, 2.75) is 63.7 Å². The fourth-order valence-corrected chi connectivity index (χ4v) is 3.43. The quantitative estimate of drug-likeness (QED) is 0.593. The summed E-state index contributed by atoms with van der Waals surface area (Å²) in [7, 11) is 0. The maximum Gasteiger partial charge on any atom is 0.417 e. The zero-order chi connectivity index (χ0) is 21.6. The van der Waals surface area contributed by atoms with E-state index in [9.17, 15) is 22.8 Å². The summed E-state index contributed by atoms with van der Waals surface area (Å²) in [4.78, 5) is 23.8. The van der Waals surface area contributed by atoms with Gasteiger partial charge in [0.15, 0.2) is 11.5 Å². The second-order valence-electron chi connectivity index (χ2n) is 7.38. The van der Waals surface area contributed by atoms with Crippen LogP contribution in [0.25, 0.3) is 5.65 Å². The van der Waals surface area contributed by atoms with E-state index in [0.717, 1.165) is 37.9 Å². The Morgan fingerprint density at radius 2 is 1.87 bits per heavy atom. The Bertz CT molecular complexity index is 877. The summed E-state index contributed by atoms with van der Waals surface area (Å²) < 4.78 is 39.8. The Hall–Kier alpha value is -2.85. The van der Waals surface area contributed by atoms with Gasteiger partial charge in [0, 0.05) is 25.2 Å². The van der Waals surface area contributed by atoms with E-state index in [-0.39, 0.29) is 42.4 Å². The molecule has 1 aliphatic carbocycles. The number of aromatic nitrogens is 3. The van der Waals surface area contributed by atoms with Crippen molar-refractivity contribution in [3.8, 4) is 0 Å². The van der Waals surface area contributed by atoms with Crippen LogP contribution in [0.3, 0.4) is 0 Å². The lowest BCUT2D eigenvalue weighted by atomic mass is 9.96. The Morgan fingerprint density at radius 1 is 1.10 bits per heavy atom. The Labute approximate surface area is 171 Å². The summed E-state index contributed by atoms with van der Waals surface area (Å²) in [5.41, 5.74) is -0.555. The molecule has 3 amide bonds. The van der Waals surface area contributed by atoms with E-state index in [1.54, 1.807) is 0 Å². The Kier molecular flexibility index (Phi) is 7.11. The third-order valence-corrected chi connectivity index (χ3v) is 5.05. The van der Waals surface area contributed by atoms with Crippen molar-refractivity contribution in [2.75, 3.05) is 6.54 Å². The average Bonchev–Trinajstić information content (AvgIpc) is 3.12. The summed E-state index contributed by atoms with van der Waals surface area (Å²) in [5.74, 6) is -0.0809. The predicted molar refractivity (Wildman–Crippen MR) is 102 cm³/mol. The number of alkyl halides is 3. The van der Waals surface area contributed by atoms with Crippen LogP contribution in [-0.4, -0.2) is 39.1 Å². The van der Waals surface area contributed by atoms with Gasteiger partial charge in [0.1, 0.15) is 0 Å². The molecule has 1 aliphatic rings. The number of carbonyl (C=O) groups is 2.